The van der Waals surface area contributed by atoms with Crippen LogP contribution >= 0.6 is 0 Å². The zero-order chi connectivity index (χ0) is 15.0. The molecule has 0 heterocycles. The largest absolute Gasteiger partial charge is 0.384 e. The van der Waals surface area contributed by atoms with Gasteiger partial charge in [-0.2, -0.15) is 0 Å². The van der Waals surface area contributed by atoms with Crippen LogP contribution in [0.5, 0.6) is 0 Å². The molecule has 1 rings (SSSR count). The average Bonchev–Trinajstić information content (AvgIpc) is 2.44. The fraction of sp³-hybridized carbons (Fsp3) is 0.400. The van der Waals surface area contributed by atoms with Crippen molar-refractivity contribution in [2.75, 3.05) is 26.9 Å². The van der Waals surface area contributed by atoms with Crippen LogP contribution < -0.4 is 5.32 Å². The van der Waals surface area contributed by atoms with Crippen molar-refractivity contribution in [3.8, 4) is 11.8 Å². The zero-order valence-electron chi connectivity index (χ0n) is 11.6. The second-order valence-corrected chi connectivity index (χ2v) is 4.43. The minimum absolute atomic E-state index is 0.0562. The van der Waals surface area contributed by atoms with Crippen molar-refractivity contribution < 1.29 is 19.0 Å². The van der Waals surface area contributed by atoms with E-state index in [-0.39, 0.29) is 18.1 Å². The number of nitrogens with one attached hydrogen (secondary N) is 1. The van der Waals surface area contributed by atoms with Crippen molar-refractivity contribution in [2.45, 2.75) is 6.92 Å². The predicted molar refractivity (Wildman–Crippen MR) is 73.7 cm³/mol. The van der Waals surface area contributed by atoms with Crippen molar-refractivity contribution in [3.63, 3.8) is 0 Å². The fourth-order valence-corrected chi connectivity index (χ4v) is 1.62. The number of aliphatic hydroxyl groups is 1. The van der Waals surface area contributed by atoms with Gasteiger partial charge in [0.25, 0.3) is 5.91 Å². The van der Waals surface area contributed by atoms with Crippen LogP contribution in [0.4, 0.5) is 4.39 Å². The quantitative estimate of drug-likeness (QED) is 0.796. The van der Waals surface area contributed by atoms with Gasteiger partial charge >= 0.3 is 0 Å². The Bertz CT molecular complexity index is 520. The number of halogens is 1. The zero-order valence-corrected chi connectivity index (χ0v) is 11.6. The normalized spacial score (nSPS) is 11.4. The van der Waals surface area contributed by atoms with E-state index in [2.05, 4.69) is 17.2 Å². The van der Waals surface area contributed by atoms with Crippen LogP contribution in [0.25, 0.3) is 0 Å². The molecule has 0 saturated carbocycles. The number of amides is 1. The van der Waals surface area contributed by atoms with Crippen LogP contribution in [0.3, 0.4) is 0 Å². The lowest BCUT2D eigenvalue weighted by Crippen LogP contribution is -2.30. The lowest BCUT2D eigenvalue weighted by atomic mass is 10.1. The molecule has 0 aliphatic heterocycles. The van der Waals surface area contributed by atoms with E-state index in [1.54, 1.807) is 7.11 Å². The first-order chi connectivity index (χ1) is 9.58. The lowest BCUT2D eigenvalue weighted by Gasteiger charge is -2.12. The van der Waals surface area contributed by atoms with Crippen molar-refractivity contribution in [2.24, 2.45) is 5.92 Å². The summed E-state index contributed by atoms with van der Waals surface area (Å²) in [5.74, 6) is 4.14. The molecule has 0 bridgehead atoms. The van der Waals surface area contributed by atoms with Gasteiger partial charge in [-0.3, -0.25) is 4.79 Å². The Labute approximate surface area is 117 Å². The van der Waals surface area contributed by atoms with Gasteiger partial charge in [-0.15, -0.1) is 0 Å². The Kier molecular flexibility index (Phi) is 6.71. The van der Waals surface area contributed by atoms with Crippen molar-refractivity contribution in [3.05, 3.63) is 35.1 Å². The van der Waals surface area contributed by atoms with Gasteiger partial charge in [0.2, 0.25) is 0 Å². The SMILES string of the molecule is COCC(C)CNC(=O)c1cc(C#CCO)ccc1F. The second-order valence-electron chi connectivity index (χ2n) is 4.43. The van der Waals surface area contributed by atoms with E-state index < -0.39 is 11.7 Å². The van der Waals surface area contributed by atoms with E-state index in [1.807, 2.05) is 6.92 Å². The summed E-state index contributed by atoms with van der Waals surface area (Å²) in [6.45, 7) is 2.56. The molecule has 1 amide bonds. The molecule has 108 valence electrons. The minimum Gasteiger partial charge on any atom is -0.384 e. The van der Waals surface area contributed by atoms with Gasteiger partial charge in [0, 0.05) is 19.2 Å². The van der Waals surface area contributed by atoms with E-state index in [1.165, 1.54) is 18.2 Å². The molecule has 5 heteroatoms. The third-order valence-corrected chi connectivity index (χ3v) is 2.59. The number of hydrogen-bond donors (Lipinski definition) is 2. The van der Waals surface area contributed by atoms with Crippen molar-refractivity contribution in [1.82, 2.24) is 5.32 Å². The van der Waals surface area contributed by atoms with Crippen LogP contribution in [0.15, 0.2) is 18.2 Å². The lowest BCUT2D eigenvalue weighted by molar-refractivity contribution is 0.0930. The van der Waals surface area contributed by atoms with Crippen LogP contribution in [-0.4, -0.2) is 37.9 Å². The highest BCUT2D eigenvalue weighted by molar-refractivity contribution is 5.94. The maximum absolute atomic E-state index is 13.6. The Morgan fingerprint density at radius 2 is 2.30 bits per heavy atom. The summed E-state index contributed by atoms with van der Waals surface area (Å²) in [5, 5.41) is 11.3. The van der Waals surface area contributed by atoms with Gasteiger partial charge in [0.1, 0.15) is 12.4 Å². The smallest absolute Gasteiger partial charge is 0.254 e. The third-order valence-electron chi connectivity index (χ3n) is 2.59. The highest BCUT2D eigenvalue weighted by Gasteiger charge is 2.13. The van der Waals surface area contributed by atoms with Gasteiger partial charge in [0.15, 0.2) is 0 Å². The number of rotatable bonds is 5. The molecule has 0 saturated heterocycles. The van der Waals surface area contributed by atoms with Gasteiger partial charge in [-0.25, -0.2) is 4.39 Å². The number of hydrogen-bond acceptors (Lipinski definition) is 3. The number of carbonyl (C=O) groups excluding carboxylic acids is 1. The molecule has 20 heavy (non-hydrogen) atoms. The Morgan fingerprint density at radius 3 is 2.95 bits per heavy atom. The summed E-state index contributed by atoms with van der Waals surface area (Å²) in [5.41, 5.74) is 0.426. The number of benzene rings is 1. The number of aliphatic hydroxyl groups excluding tert-OH is 1. The van der Waals surface area contributed by atoms with E-state index in [0.29, 0.717) is 18.7 Å². The summed E-state index contributed by atoms with van der Waals surface area (Å²) in [7, 11) is 1.58. The molecular formula is C15H18FNO3. The van der Waals surface area contributed by atoms with E-state index in [4.69, 9.17) is 9.84 Å². The summed E-state index contributed by atoms with van der Waals surface area (Å²) in [4.78, 5) is 11.9. The van der Waals surface area contributed by atoms with Crippen molar-refractivity contribution in [1.29, 1.82) is 0 Å². The monoisotopic (exact) mass is 279 g/mol. The standard InChI is InChI=1S/C15H18FNO3/c1-11(10-20-2)9-17-15(19)13-8-12(4-3-7-18)5-6-14(13)16/h5-6,8,11,18H,7,9-10H2,1-2H3,(H,17,19). The summed E-state index contributed by atoms with van der Waals surface area (Å²) in [6, 6.07) is 4.02. The van der Waals surface area contributed by atoms with Crippen LogP contribution in [0.1, 0.15) is 22.8 Å². The Balaban J connectivity index is 2.76. The first-order valence-electron chi connectivity index (χ1n) is 6.25. The Hall–Kier alpha value is -1.90. The number of ether oxygens (including phenoxy) is 1. The maximum atomic E-state index is 13.6. The Morgan fingerprint density at radius 1 is 1.55 bits per heavy atom. The third kappa shape index (κ3) is 5.00. The van der Waals surface area contributed by atoms with Crippen LogP contribution in [0, 0.1) is 23.6 Å². The number of carbonyl (C=O) groups is 1. The van der Waals surface area contributed by atoms with Crippen molar-refractivity contribution >= 4 is 5.91 Å². The molecule has 1 atom stereocenters. The first-order valence-corrected chi connectivity index (χ1v) is 6.25. The summed E-state index contributed by atoms with van der Waals surface area (Å²) >= 11 is 0. The van der Waals surface area contributed by atoms with Crippen LogP contribution in [0.2, 0.25) is 0 Å². The first kappa shape index (κ1) is 16.2. The predicted octanol–water partition coefficient (Wildman–Crippen LogP) is 1.18. The second kappa shape index (κ2) is 8.31. The highest BCUT2D eigenvalue weighted by atomic mass is 19.1. The van der Waals surface area contributed by atoms with Gasteiger partial charge in [-0.1, -0.05) is 18.8 Å². The average molecular weight is 279 g/mol. The summed E-state index contributed by atoms with van der Waals surface area (Å²) < 4.78 is 18.6. The molecule has 0 aliphatic carbocycles. The van der Waals surface area contributed by atoms with E-state index in [0.717, 1.165) is 0 Å². The minimum atomic E-state index is -0.601. The molecule has 2 N–H and O–H groups in total. The molecule has 1 aromatic carbocycles. The molecule has 0 aromatic heterocycles. The summed E-state index contributed by atoms with van der Waals surface area (Å²) in [6.07, 6.45) is 0. The molecule has 0 spiro atoms. The fourth-order valence-electron chi connectivity index (χ4n) is 1.62. The molecule has 1 aromatic rings. The molecule has 4 nitrogen and oxygen atoms in total. The van der Waals surface area contributed by atoms with Crippen LogP contribution in [-0.2, 0) is 4.74 Å². The highest BCUT2D eigenvalue weighted by Crippen LogP contribution is 2.10. The molecule has 0 aliphatic rings. The van der Waals surface area contributed by atoms with E-state index in [9.17, 15) is 9.18 Å². The molecular weight excluding hydrogens is 261 g/mol. The van der Waals surface area contributed by atoms with E-state index >= 15 is 0 Å². The van der Waals surface area contributed by atoms with Gasteiger partial charge < -0.3 is 15.2 Å². The van der Waals surface area contributed by atoms with Gasteiger partial charge in [-0.05, 0) is 24.1 Å². The molecule has 0 fully saturated rings. The molecule has 1 unspecified atom stereocenters. The topological polar surface area (TPSA) is 58.6 Å². The molecule has 0 radical (unpaired) electrons. The van der Waals surface area contributed by atoms with Gasteiger partial charge in [0.05, 0.1) is 12.2 Å². The number of methoxy groups -OCH3 is 1. The maximum Gasteiger partial charge on any atom is 0.254 e.